The first-order chi connectivity index (χ1) is 12.0. The van der Waals surface area contributed by atoms with E-state index < -0.39 is 10.0 Å². The number of ether oxygens (including phenoxy) is 1. The fraction of sp³-hybridized carbons (Fsp3) is 0.368. The highest BCUT2D eigenvalue weighted by Crippen LogP contribution is 2.23. The lowest BCUT2D eigenvalue weighted by molar-refractivity contribution is 0.340. The minimum Gasteiger partial charge on any atom is -0.494 e. The second-order valence-electron chi connectivity index (χ2n) is 6.13. The quantitative estimate of drug-likeness (QED) is 0.823. The number of piperazine rings is 1. The van der Waals surface area contributed by atoms with Gasteiger partial charge in [-0.05, 0) is 50.2 Å². The maximum Gasteiger partial charge on any atom is 0.243 e. The van der Waals surface area contributed by atoms with Gasteiger partial charge in [-0.15, -0.1) is 0 Å². The SMILES string of the molecule is CCOc1ccc(S(=O)(=O)N2CCN(c3ccc(C)cc3)CC2)cc1. The van der Waals surface area contributed by atoms with Gasteiger partial charge in [-0.25, -0.2) is 8.42 Å². The van der Waals surface area contributed by atoms with Crippen LogP contribution in [0.15, 0.2) is 53.4 Å². The van der Waals surface area contributed by atoms with Crippen LogP contribution in [0.1, 0.15) is 12.5 Å². The van der Waals surface area contributed by atoms with Gasteiger partial charge in [-0.3, -0.25) is 0 Å². The van der Waals surface area contributed by atoms with Crippen molar-refractivity contribution in [2.45, 2.75) is 18.7 Å². The molecule has 0 aromatic heterocycles. The van der Waals surface area contributed by atoms with E-state index >= 15 is 0 Å². The summed E-state index contributed by atoms with van der Waals surface area (Å²) in [6.45, 7) is 6.89. The zero-order chi connectivity index (χ0) is 17.9. The molecule has 1 heterocycles. The summed E-state index contributed by atoms with van der Waals surface area (Å²) in [5, 5.41) is 0. The lowest BCUT2D eigenvalue weighted by Gasteiger charge is -2.35. The molecule has 0 unspecified atom stereocenters. The van der Waals surface area contributed by atoms with E-state index in [9.17, 15) is 8.42 Å². The molecular formula is C19H24N2O3S. The molecule has 0 aliphatic carbocycles. The number of rotatable bonds is 5. The summed E-state index contributed by atoms with van der Waals surface area (Å²) >= 11 is 0. The molecule has 6 heteroatoms. The molecule has 3 rings (SSSR count). The van der Waals surface area contributed by atoms with Gasteiger partial charge < -0.3 is 9.64 Å². The number of nitrogens with zero attached hydrogens (tertiary/aromatic N) is 2. The largest absolute Gasteiger partial charge is 0.494 e. The number of hydrogen-bond donors (Lipinski definition) is 0. The highest BCUT2D eigenvalue weighted by molar-refractivity contribution is 7.89. The predicted molar refractivity (Wildman–Crippen MR) is 99.8 cm³/mol. The first kappa shape index (κ1) is 17.8. The summed E-state index contributed by atoms with van der Waals surface area (Å²) in [6.07, 6.45) is 0. The Balaban J connectivity index is 1.67. The lowest BCUT2D eigenvalue weighted by atomic mass is 10.2. The number of anilines is 1. The molecule has 0 atom stereocenters. The normalized spacial score (nSPS) is 16.0. The Kier molecular flexibility index (Phi) is 5.30. The second kappa shape index (κ2) is 7.45. The average Bonchev–Trinajstić information content (AvgIpc) is 2.63. The van der Waals surface area contributed by atoms with E-state index in [1.54, 1.807) is 28.6 Å². The smallest absolute Gasteiger partial charge is 0.243 e. The number of benzene rings is 2. The van der Waals surface area contributed by atoms with Crippen LogP contribution in [-0.4, -0.2) is 45.5 Å². The molecule has 0 amide bonds. The van der Waals surface area contributed by atoms with E-state index in [2.05, 4.69) is 36.1 Å². The van der Waals surface area contributed by atoms with Gasteiger partial charge >= 0.3 is 0 Å². The van der Waals surface area contributed by atoms with Crippen LogP contribution in [0.25, 0.3) is 0 Å². The van der Waals surface area contributed by atoms with Crippen molar-refractivity contribution in [2.75, 3.05) is 37.7 Å². The van der Waals surface area contributed by atoms with E-state index in [-0.39, 0.29) is 0 Å². The first-order valence-corrected chi connectivity index (χ1v) is 9.99. The zero-order valence-corrected chi connectivity index (χ0v) is 15.5. The molecule has 25 heavy (non-hydrogen) atoms. The van der Waals surface area contributed by atoms with Crippen molar-refractivity contribution in [3.05, 3.63) is 54.1 Å². The number of sulfonamides is 1. The van der Waals surface area contributed by atoms with Crippen LogP contribution < -0.4 is 9.64 Å². The third-order valence-corrected chi connectivity index (χ3v) is 6.32. The van der Waals surface area contributed by atoms with Crippen molar-refractivity contribution < 1.29 is 13.2 Å². The van der Waals surface area contributed by atoms with Gasteiger partial charge in [0.2, 0.25) is 10.0 Å². The molecule has 5 nitrogen and oxygen atoms in total. The lowest BCUT2D eigenvalue weighted by Crippen LogP contribution is -2.48. The van der Waals surface area contributed by atoms with E-state index in [1.165, 1.54) is 5.56 Å². The van der Waals surface area contributed by atoms with Crippen molar-refractivity contribution in [1.82, 2.24) is 4.31 Å². The maximum atomic E-state index is 12.8. The molecule has 1 saturated heterocycles. The number of hydrogen-bond acceptors (Lipinski definition) is 4. The van der Waals surface area contributed by atoms with E-state index in [0.717, 1.165) is 5.69 Å². The van der Waals surface area contributed by atoms with Crippen molar-refractivity contribution >= 4 is 15.7 Å². The Morgan fingerprint density at radius 3 is 2.08 bits per heavy atom. The molecule has 0 spiro atoms. The molecular weight excluding hydrogens is 336 g/mol. The Morgan fingerprint density at radius 1 is 0.920 bits per heavy atom. The topological polar surface area (TPSA) is 49.9 Å². The molecule has 0 saturated carbocycles. The van der Waals surface area contributed by atoms with Crippen LogP contribution in [-0.2, 0) is 10.0 Å². The van der Waals surface area contributed by atoms with Gasteiger partial charge in [-0.1, -0.05) is 17.7 Å². The van der Waals surface area contributed by atoms with Crippen molar-refractivity contribution in [1.29, 1.82) is 0 Å². The van der Waals surface area contributed by atoms with Gasteiger partial charge in [0, 0.05) is 31.9 Å². The average molecular weight is 360 g/mol. The molecule has 1 aliphatic heterocycles. The Hall–Kier alpha value is -2.05. The van der Waals surface area contributed by atoms with Crippen LogP contribution in [0, 0.1) is 6.92 Å². The van der Waals surface area contributed by atoms with Gasteiger partial charge in [0.05, 0.1) is 11.5 Å². The van der Waals surface area contributed by atoms with Gasteiger partial charge in [0.15, 0.2) is 0 Å². The molecule has 0 radical (unpaired) electrons. The van der Waals surface area contributed by atoms with Gasteiger partial charge in [0.25, 0.3) is 0 Å². The zero-order valence-electron chi connectivity index (χ0n) is 14.7. The summed E-state index contributed by atoms with van der Waals surface area (Å²) < 4.78 is 32.6. The highest BCUT2D eigenvalue weighted by Gasteiger charge is 2.28. The molecule has 134 valence electrons. The van der Waals surface area contributed by atoms with Crippen LogP contribution in [0.5, 0.6) is 5.75 Å². The minimum absolute atomic E-state index is 0.319. The molecule has 1 fully saturated rings. The van der Waals surface area contributed by atoms with Crippen molar-refractivity contribution in [2.24, 2.45) is 0 Å². The summed E-state index contributed by atoms with van der Waals surface area (Å²) in [6, 6.07) is 15.0. The molecule has 2 aromatic carbocycles. The fourth-order valence-electron chi connectivity index (χ4n) is 2.97. The maximum absolute atomic E-state index is 12.8. The Labute approximate surface area is 149 Å². The standard InChI is InChI=1S/C19H24N2O3S/c1-3-24-18-8-10-19(11-9-18)25(22,23)21-14-12-20(13-15-21)17-6-4-16(2)5-7-17/h4-11H,3,12-15H2,1-2H3. The van der Waals surface area contributed by atoms with Gasteiger partial charge in [0.1, 0.15) is 5.75 Å². The van der Waals surface area contributed by atoms with Gasteiger partial charge in [-0.2, -0.15) is 4.31 Å². The monoisotopic (exact) mass is 360 g/mol. The third kappa shape index (κ3) is 3.96. The van der Waals surface area contributed by atoms with E-state index in [4.69, 9.17) is 4.74 Å². The fourth-order valence-corrected chi connectivity index (χ4v) is 4.39. The minimum atomic E-state index is -3.45. The second-order valence-corrected chi connectivity index (χ2v) is 8.07. The van der Waals surface area contributed by atoms with Crippen molar-refractivity contribution in [3.63, 3.8) is 0 Å². The van der Waals surface area contributed by atoms with Crippen LogP contribution in [0.2, 0.25) is 0 Å². The Bertz CT molecular complexity index is 794. The summed E-state index contributed by atoms with van der Waals surface area (Å²) in [5.41, 5.74) is 2.36. The summed E-state index contributed by atoms with van der Waals surface area (Å²) in [4.78, 5) is 2.55. The van der Waals surface area contributed by atoms with Crippen LogP contribution >= 0.6 is 0 Å². The Morgan fingerprint density at radius 2 is 1.52 bits per heavy atom. The molecule has 0 bridgehead atoms. The molecule has 1 aliphatic rings. The molecule has 0 N–H and O–H groups in total. The third-order valence-electron chi connectivity index (χ3n) is 4.41. The predicted octanol–water partition coefficient (Wildman–Crippen LogP) is 2.90. The highest BCUT2D eigenvalue weighted by atomic mass is 32.2. The van der Waals surface area contributed by atoms with Crippen LogP contribution in [0.4, 0.5) is 5.69 Å². The summed E-state index contributed by atoms with van der Waals surface area (Å²) in [7, 11) is -3.45. The van der Waals surface area contributed by atoms with Crippen LogP contribution in [0.3, 0.4) is 0 Å². The summed E-state index contributed by atoms with van der Waals surface area (Å²) in [5.74, 6) is 0.686. The molecule has 2 aromatic rings. The number of aryl methyl sites for hydroxylation is 1. The van der Waals surface area contributed by atoms with E-state index in [0.29, 0.717) is 43.4 Å². The first-order valence-electron chi connectivity index (χ1n) is 8.55. The van der Waals surface area contributed by atoms with Crippen molar-refractivity contribution in [3.8, 4) is 5.75 Å². The van der Waals surface area contributed by atoms with E-state index in [1.807, 2.05) is 6.92 Å².